The molecule has 0 amide bonds. The minimum absolute atomic E-state index is 0.871. The van der Waals surface area contributed by atoms with Crippen LogP contribution in [0.15, 0.2) is 24.8 Å². The molecule has 0 aromatic heterocycles. The van der Waals surface area contributed by atoms with Crippen LogP contribution in [0, 0.1) is 11.8 Å². The molecule has 0 bridgehead atoms. The van der Waals surface area contributed by atoms with E-state index in [0.29, 0.717) is 0 Å². The van der Waals surface area contributed by atoms with Crippen LogP contribution in [0.2, 0.25) is 0 Å². The molecule has 2 heterocycles. The molecule has 2 aliphatic heterocycles. The minimum Gasteiger partial charge on any atom is -0.362 e. The van der Waals surface area contributed by atoms with Crippen LogP contribution in [0.4, 0.5) is 0 Å². The van der Waals surface area contributed by atoms with E-state index in [0.717, 1.165) is 25.2 Å². The highest BCUT2D eigenvalue weighted by atomic mass is 15.3. The van der Waals surface area contributed by atoms with E-state index in [-0.39, 0.29) is 0 Å². The van der Waals surface area contributed by atoms with Crippen LogP contribution < -0.4 is 0 Å². The van der Waals surface area contributed by atoms with E-state index in [2.05, 4.69) is 58.5 Å². The number of rotatable bonds is 4. The fraction of sp³-hybridized carbons (Fsp3) is 0.733. The Balaban J connectivity index is 1.50. The minimum atomic E-state index is 0.871. The maximum Gasteiger partial charge on any atom is 0.0890 e. The van der Waals surface area contributed by atoms with E-state index < -0.39 is 0 Å². The average molecular weight is 262 g/mol. The predicted molar refractivity (Wildman–Crippen MR) is 77.8 cm³/mol. The largest absolute Gasteiger partial charge is 0.362 e. The first-order chi connectivity index (χ1) is 9.20. The molecule has 4 heteroatoms. The van der Waals surface area contributed by atoms with Crippen molar-refractivity contribution in [2.75, 3.05) is 40.5 Å². The Morgan fingerprint density at radius 1 is 0.789 bits per heavy atom. The Labute approximate surface area is 116 Å². The van der Waals surface area contributed by atoms with Gasteiger partial charge in [0.25, 0.3) is 0 Å². The topological polar surface area (TPSA) is 13.0 Å². The van der Waals surface area contributed by atoms with Gasteiger partial charge in [-0.3, -0.25) is 0 Å². The Bertz CT molecular complexity index is 331. The van der Waals surface area contributed by atoms with Crippen LogP contribution in [0.5, 0.6) is 0 Å². The molecule has 0 saturated heterocycles. The molecule has 4 nitrogen and oxygen atoms in total. The van der Waals surface area contributed by atoms with Gasteiger partial charge in [-0.1, -0.05) is 6.42 Å². The Kier molecular flexibility index (Phi) is 3.58. The second kappa shape index (κ2) is 5.35. The van der Waals surface area contributed by atoms with Crippen molar-refractivity contribution in [2.24, 2.45) is 11.8 Å². The molecule has 1 saturated carbocycles. The van der Waals surface area contributed by atoms with Crippen molar-refractivity contribution in [2.45, 2.75) is 19.3 Å². The normalized spacial score (nSPS) is 30.2. The molecule has 0 spiro atoms. The van der Waals surface area contributed by atoms with Crippen molar-refractivity contribution in [3.8, 4) is 0 Å². The molecule has 0 N–H and O–H groups in total. The van der Waals surface area contributed by atoms with Crippen molar-refractivity contribution < 1.29 is 0 Å². The molecule has 1 aliphatic carbocycles. The first-order valence-electron chi connectivity index (χ1n) is 7.46. The van der Waals surface area contributed by atoms with Gasteiger partial charge in [0, 0.05) is 52.0 Å². The number of hydrogen-bond acceptors (Lipinski definition) is 4. The fourth-order valence-corrected chi connectivity index (χ4v) is 3.61. The molecule has 1 fully saturated rings. The summed E-state index contributed by atoms with van der Waals surface area (Å²) in [6.45, 7) is 4.60. The molecule has 3 rings (SSSR count). The first kappa shape index (κ1) is 12.7. The van der Waals surface area contributed by atoms with Crippen molar-refractivity contribution in [1.29, 1.82) is 0 Å². The Morgan fingerprint density at radius 3 is 1.63 bits per heavy atom. The van der Waals surface area contributed by atoms with E-state index in [1.54, 1.807) is 0 Å². The lowest BCUT2D eigenvalue weighted by atomic mass is 9.95. The summed E-state index contributed by atoms with van der Waals surface area (Å²) in [5, 5.41) is 0. The fourth-order valence-electron chi connectivity index (χ4n) is 3.61. The Hall–Kier alpha value is -1.32. The quantitative estimate of drug-likeness (QED) is 0.765. The van der Waals surface area contributed by atoms with Gasteiger partial charge >= 0.3 is 0 Å². The monoisotopic (exact) mass is 262 g/mol. The van der Waals surface area contributed by atoms with Gasteiger partial charge in [0.2, 0.25) is 0 Å². The summed E-state index contributed by atoms with van der Waals surface area (Å²) in [4.78, 5) is 9.44. The van der Waals surface area contributed by atoms with Crippen LogP contribution >= 0.6 is 0 Å². The summed E-state index contributed by atoms with van der Waals surface area (Å²) < 4.78 is 0. The van der Waals surface area contributed by atoms with E-state index in [4.69, 9.17) is 0 Å². The van der Waals surface area contributed by atoms with Crippen molar-refractivity contribution in [3.63, 3.8) is 0 Å². The van der Waals surface area contributed by atoms with Crippen LogP contribution in [0.1, 0.15) is 19.3 Å². The van der Waals surface area contributed by atoms with E-state index >= 15 is 0 Å². The van der Waals surface area contributed by atoms with Crippen LogP contribution in [-0.2, 0) is 0 Å². The molecule has 0 unspecified atom stereocenters. The highest BCUT2D eigenvalue weighted by molar-refractivity contribution is 4.94. The molecule has 0 aromatic carbocycles. The number of nitrogens with zero attached hydrogens (tertiary/aromatic N) is 4. The maximum atomic E-state index is 2.47. The zero-order valence-electron chi connectivity index (χ0n) is 12.2. The number of hydrogen-bond donors (Lipinski definition) is 0. The van der Waals surface area contributed by atoms with Crippen LogP contribution in [-0.4, -0.2) is 60.1 Å². The predicted octanol–water partition coefficient (Wildman–Crippen LogP) is 1.75. The SMILES string of the molecule is CN1C=CN(C[C@H]2CCC[C@@H]2CN2C=CN(C)C2)C1. The van der Waals surface area contributed by atoms with Gasteiger partial charge in [0.15, 0.2) is 0 Å². The molecule has 0 radical (unpaired) electrons. The summed E-state index contributed by atoms with van der Waals surface area (Å²) in [6.07, 6.45) is 13.1. The van der Waals surface area contributed by atoms with Gasteiger partial charge in [-0.05, 0) is 24.7 Å². The van der Waals surface area contributed by atoms with Crippen molar-refractivity contribution >= 4 is 0 Å². The molecule has 106 valence electrons. The summed E-state index contributed by atoms with van der Waals surface area (Å²) in [7, 11) is 4.29. The highest BCUT2D eigenvalue weighted by Gasteiger charge is 2.30. The van der Waals surface area contributed by atoms with Crippen LogP contribution in [0.3, 0.4) is 0 Å². The van der Waals surface area contributed by atoms with Gasteiger partial charge in [0.1, 0.15) is 0 Å². The lowest BCUT2D eigenvalue weighted by Gasteiger charge is -2.29. The molecule has 2 atom stereocenters. The molecular weight excluding hydrogens is 236 g/mol. The zero-order valence-corrected chi connectivity index (χ0v) is 12.2. The molecular formula is C15H26N4. The third-order valence-electron chi connectivity index (χ3n) is 4.63. The van der Waals surface area contributed by atoms with Gasteiger partial charge in [0.05, 0.1) is 13.3 Å². The summed E-state index contributed by atoms with van der Waals surface area (Å²) in [5.41, 5.74) is 0. The Morgan fingerprint density at radius 2 is 1.26 bits per heavy atom. The second-order valence-corrected chi connectivity index (χ2v) is 6.39. The van der Waals surface area contributed by atoms with Gasteiger partial charge < -0.3 is 19.6 Å². The van der Waals surface area contributed by atoms with Gasteiger partial charge in [-0.2, -0.15) is 0 Å². The summed E-state index contributed by atoms with van der Waals surface area (Å²) in [5.74, 6) is 1.74. The third-order valence-corrected chi connectivity index (χ3v) is 4.63. The van der Waals surface area contributed by atoms with Gasteiger partial charge in [-0.15, -0.1) is 0 Å². The summed E-state index contributed by atoms with van der Waals surface area (Å²) in [6, 6.07) is 0. The first-order valence-corrected chi connectivity index (χ1v) is 7.46. The zero-order chi connectivity index (χ0) is 13.2. The highest BCUT2D eigenvalue weighted by Crippen LogP contribution is 2.34. The molecule has 0 aromatic rings. The lowest BCUT2D eigenvalue weighted by molar-refractivity contribution is 0.192. The molecule has 19 heavy (non-hydrogen) atoms. The van der Waals surface area contributed by atoms with E-state index in [9.17, 15) is 0 Å². The molecule has 3 aliphatic rings. The van der Waals surface area contributed by atoms with Gasteiger partial charge in [-0.25, -0.2) is 0 Å². The maximum absolute atomic E-state index is 2.47. The van der Waals surface area contributed by atoms with Crippen LogP contribution in [0.25, 0.3) is 0 Å². The van der Waals surface area contributed by atoms with E-state index in [1.807, 2.05) is 0 Å². The smallest absolute Gasteiger partial charge is 0.0890 e. The van der Waals surface area contributed by atoms with Crippen molar-refractivity contribution in [3.05, 3.63) is 24.8 Å². The standard InChI is InChI=1S/C15H26N4/c1-16-6-8-18(12-16)10-14-4-3-5-15(14)11-19-9-7-17(2)13-19/h6-9,14-15H,3-5,10-13H2,1-2H3/t14-,15-/m1/s1. The van der Waals surface area contributed by atoms with E-state index in [1.165, 1.54) is 32.4 Å². The average Bonchev–Trinajstić information content (AvgIpc) is 3.06. The lowest BCUT2D eigenvalue weighted by Crippen LogP contribution is -2.34. The second-order valence-electron chi connectivity index (χ2n) is 6.39. The van der Waals surface area contributed by atoms with Crippen molar-refractivity contribution in [1.82, 2.24) is 19.6 Å². The third kappa shape index (κ3) is 2.99. The summed E-state index contributed by atoms with van der Waals surface area (Å²) >= 11 is 0.